The third kappa shape index (κ3) is 8.31. The molecule has 0 spiro atoms. The average molecular weight is 262 g/mol. The molecule has 0 saturated carbocycles. The molecule has 0 rings (SSSR count). The Morgan fingerprint density at radius 3 is 2.33 bits per heavy atom. The third-order valence-electron chi connectivity index (χ3n) is 2.47. The smallest absolute Gasteiger partial charge is 0.431 e. The van der Waals surface area contributed by atoms with Gasteiger partial charge in [-0.1, -0.05) is 6.92 Å². The highest BCUT2D eigenvalue weighted by Crippen LogP contribution is 2.21. The molecule has 0 saturated heterocycles. The van der Waals surface area contributed by atoms with Gasteiger partial charge in [-0.25, -0.2) is 4.79 Å². The van der Waals surface area contributed by atoms with Gasteiger partial charge in [0.25, 0.3) is 0 Å². The molecule has 0 amide bonds. The Kier molecular flexibility index (Phi) is 7.95. The van der Waals surface area contributed by atoms with Gasteiger partial charge in [-0.3, -0.25) is 0 Å². The molecule has 0 fully saturated rings. The lowest BCUT2D eigenvalue weighted by atomic mass is 10.0. The van der Waals surface area contributed by atoms with Crippen molar-refractivity contribution < 1.29 is 23.7 Å². The van der Waals surface area contributed by atoms with Gasteiger partial charge in [0, 0.05) is 13.5 Å². The summed E-state index contributed by atoms with van der Waals surface area (Å²) in [5, 5.41) is 0. The van der Waals surface area contributed by atoms with Gasteiger partial charge in [0.2, 0.25) is 0 Å². The maximum Gasteiger partial charge on any atom is 0.510 e. The van der Waals surface area contributed by atoms with Gasteiger partial charge in [-0.15, -0.1) is 0 Å². The van der Waals surface area contributed by atoms with Gasteiger partial charge in [0.1, 0.15) is 6.10 Å². The highest BCUT2D eigenvalue weighted by Gasteiger charge is 2.26. The number of carbonyl (C=O) groups excluding carboxylic acids is 1. The normalized spacial score (nSPS) is 15.0. The molecule has 0 N–H and O–H groups in total. The molecule has 0 heterocycles. The van der Waals surface area contributed by atoms with Crippen LogP contribution in [0.4, 0.5) is 4.79 Å². The minimum absolute atomic E-state index is 0.0989. The van der Waals surface area contributed by atoms with Crippen LogP contribution in [0.15, 0.2) is 0 Å². The standard InChI is InChI=1S/C13H26O5/c1-7-10(2)18-13(4,5)8-11(3)17-12(14)16-9-15-6/h10-11H,7-9H2,1-6H3. The molecule has 5 heteroatoms. The van der Waals surface area contributed by atoms with Crippen LogP contribution >= 0.6 is 0 Å². The van der Waals surface area contributed by atoms with Crippen molar-refractivity contribution in [2.45, 2.75) is 65.3 Å². The fourth-order valence-electron chi connectivity index (χ4n) is 1.72. The maximum absolute atomic E-state index is 11.2. The number of hydrogen-bond acceptors (Lipinski definition) is 5. The highest BCUT2D eigenvalue weighted by molar-refractivity contribution is 5.59. The van der Waals surface area contributed by atoms with Crippen LogP contribution < -0.4 is 0 Å². The Labute approximate surface area is 110 Å². The van der Waals surface area contributed by atoms with E-state index in [4.69, 9.17) is 9.47 Å². The molecule has 0 aromatic rings. The van der Waals surface area contributed by atoms with Gasteiger partial charge in [-0.05, 0) is 34.1 Å². The van der Waals surface area contributed by atoms with Crippen molar-refractivity contribution in [3.8, 4) is 0 Å². The van der Waals surface area contributed by atoms with E-state index in [0.29, 0.717) is 6.42 Å². The molecule has 18 heavy (non-hydrogen) atoms. The largest absolute Gasteiger partial charge is 0.510 e. The van der Waals surface area contributed by atoms with Crippen molar-refractivity contribution in [3.63, 3.8) is 0 Å². The topological polar surface area (TPSA) is 54.0 Å². The molecule has 0 aliphatic carbocycles. The van der Waals surface area contributed by atoms with Crippen LogP contribution in [-0.2, 0) is 18.9 Å². The molecule has 0 radical (unpaired) electrons. The first-order valence-corrected chi connectivity index (χ1v) is 6.31. The summed E-state index contributed by atoms with van der Waals surface area (Å²) in [5.41, 5.74) is -0.337. The quantitative estimate of drug-likeness (QED) is 0.497. The Morgan fingerprint density at radius 1 is 1.22 bits per heavy atom. The second kappa shape index (κ2) is 8.32. The fraction of sp³-hybridized carbons (Fsp3) is 0.923. The van der Waals surface area contributed by atoms with E-state index < -0.39 is 6.16 Å². The van der Waals surface area contributed by atoms with Crippen LogP contribution in [0.3, 0.4) is 0 Å². The lowest BCUT2D eigenvalue weighted by Crippen LogP contribution is -2.34. The highest BCUT2D eigenvalue weighted by atomic mass is 16.8. The SMILES string of the molecule is CCC(C)OC(C)(C)CC(C)OC(=O)OCOC. The predicted molar refractivity (Wildman–Crippen MR) is 68.4 cm³/mol. The summed E-state index contributed by atoms with van der Waals surface area (Å²) < 4.78 is 20.2. The summed E-state index contributed by atoms with van der Waals surface area (Å²) in [6.07, 6.45) is 0.762. The maximum atomic E-state index is 11.2. The zero-order valence-electron chi connectivity index (χ0n) is 12.3. The van der Waals surface area contributed by atoms with E-state index in [1.54, 1.807) is 0 Å². The summed E-state index contributed by atoms with van der Waals surface area (Å²) in [6, 6.07) is 0. The van der Waals surface area contributed by atoms with Crippen molar-refractivity contribution in [2.24, 2.45) is 0 Å². The van der Waals surface area contributed by atoms with Crippen molar-refractivity contribution >= 4 is 6.16 Å². The number of methoxy groups -OCH3 is 1. The number of ether oxygens (including phenoxy) is 4. The Morgan fingerprint density at radius 2 is 1.83 bits per heavy atom. The molecule has 0 aromatic heterocycles. The monoisotopic (exact) mass is 262 g/mol. The minimum atomic E-state index is -0.719. The van der Waals surface area contributed by atoms with Gasteiger partial charge in [-0.2, -0.15) is 0 Å². The van der Waals surface area contributed by atoms with Crippen LogP contribution in [0.25, 0.3) is 0 Å². The van der Waals surface area contributed by atoms with Crippen LogP contribution in [-0.4, -0.2) is 37.9 Å². The van der Waals surface area contributed by atoms with Gasteiger partial charge in [0.15, 0.2) is 6.79 Å². The molecular formula is C13H26O5. The number of carbonyl (C=O) groups is 1. The van der Waals surface area contributed by atoms with Gasteiger partial charge in [0.05, 0.1) is 11.7 Å². The van der Waals surface area contributed by atoms with Gasteiger partial charge < -0.3 is 18.9 Å². The lowest BCUT2D eigenvalue weighted by Gasteiger charge is -2.31. The van der Waals surface area contributed by atoms with Crippen molar-refractivity contribution in [2.75, 3.05) is 13.9 Å². The van der Waals surface area contributed by atoms with Crippen LogP contribution in [0, 0.1) is 0 Å². The average Bonchev–Trinajstić information content (AvgIpc) is 2.24. The minimum Gasteiger partial charge on any atom is -0.431 e. The lowest BCUT2D eigenvalue weighted by molar-refractivity contribution is -0.0948. The molecule has 2 unspecified atom stereocenters. The Hall–Kier alpha value is -0.810. The summed E-state index contributed by atoms with van der Waals surface area (Å²) in [4.78, 5) is 11.2. The summed E-state index contributed by atoms with van der Waals surface area (Å²) in [6.45, 7) is 9.79. The first-order chi connectivity index (χ1) is 8.30. The first kappa shape index (κ1) is 17.2. The van der Waals surface area contributed by atoms with Crippen LogP contribution in [0.5, 0.6) is 0 Å². The van der Waals surface area contributed by atoms with Crippen molar-refractivity contribution in [3.05, 3.63) is 0 Å². The summed E-state index contributed by atoms with van der Waals surface area (Å²) in [7, 11) is 1.44. The van der Waals surface area contributed by atoms with E-state index in [9.17, 15) is 4.79 Å². The zero-order chi connectivity index (χ0) is 14.2. The molecule has 108 valence electrons. The van der Waals surface area contributed by atoms with Crippen LogP contribution in [0.2, 0.25) is 0 Å². The molecule has 0 aliphatic rings. The summed E-state index contributed by atoms with van der Waals surface area (Å²) in [5.74, 6) is 0. The van der Waals surface area contributed by atoms with E-state index >= 15 is 0 Å². The second-order valence-corrected chi connectivity index (χ2v) is 5.03. The van der Waals surface area contributed by atoms with E-state index in [1.165, 1.54) is 7.11 Å². The molecule has 5 nitrogen and oxygen atoms in total. The third-order valence-corrected chi connectivity index (χ3v) is 2.47. The van der Waals surface area contributed by atoms with Crippen LogP contribution in [0.1, 0.15) is 47.5 Å². The molecule has 0 aliphatic heterocycles. The predicted octanol–water partition coefficient (Wildman–Crippen LogP) is 3.12. The van der Waals surface area contributed by atoms with E-state index in [0.717, 1.165) is 6.42 Å². The zero-order valence-corrected chi connectivity index (χ0v) is 12.3. The molecular weight excluding hydrogens is 236 g/mol. The van der Waals surface area contributed by atoms with Gasteiger partial charge >= 0.3 is 6.16 Å². The molecule has 0 bridgehead atoms. The fourth-order valence-corrected chi connectivity index (χ4v) is 1.72. The molecule has 0 aromatic carbocycles. The van der Waals surface area contributed by atoms with Crippen molar-refractivity contribution in [1.29, 1.82) is 0 Å². The van der Waals surface area contributed by atoms with Crippen molar-refractivity contribution in [1.82, 2.24) is 0 Å². The summed E-state index contributed by atoms with van der Waals surface area (Å²) >= 11 is 0. The molecule has 2 atom stereocenters. The van der Waals surface area contributed by atoms with E-state index in [2.05, 4.69) is 16.4 Å². The Bertz CT molecular complexity index is 240. The first-order valence-electron chi connectivity index (χ1n) is 6.31. The number of hydrogen-bond donors (Lipinski definition) is 0. The van der Waals surface area contributed by atoms with E-state index in [1.807, 2.05) is 27.7 Å². The van der Waals surface area contributed by atoms with E-state index in [-0.39, 0.29) is 24.6 Å². The Balaban J connectivity index is 4.05. The second-order valence-electron chi connectivity index (χ2n) is 5.03. The number of rotatable bonds is 8.